The summed E-state index contributed by atoms with van der Waals surface area (Å²) >= 11 is 3.46. The molecule has 2 aliphatic heterocycles. The van der Waals surface area contributed by atoms with Crippen LogP contribution in [0.2, 0.25) is 0 Å². The largest absolute Gasteiger partial charge is 0.492 e. The molecule has 124 valence electrons. The molecule has 0 saturated carbocycles. The number of carbonyl (C=O) groups is 1. The molecule has 4 rings (SSSR count). The predicted octanol–water partition coefficient (Wildman–Crippen LogP) is 3.91. The van der Waals surface area contributed by atoms with Crippen molar-refractivity contribution < 1.29 is 24.1 Å². The van der Waals surface area contributed by atoms with Gasteiger partial charge in [0.25, 0.3) is 0 Å². The molecule has 0 aliphatic carbocycles. The molecule has 0 saturated heterocycles. The molecule has 2 atom stereocenters. The first-order valence-corrected chi connectivity index (χ1v) is 8.47. The van der Waals surface area contributed by atoms with Crippen LogP contribution in [0.4, 0.5) is 0 Å². The summed E-state index contributed by atoms with van der Waals surface area (Å²) in [4.78, 5) is 11.0. The van der Waals surface area contributed by atoms with Gasteiger partial charge in [-0.3, -0.25) is 4.79 Å². The lowest BCUT2D eigenvalue weighted by molar-refractivity contribution is -0.137. The monoisotopic (exact) mass is 390 g/mol. The quantitative estimate of drug-likeness (QED) is 0.860. The van der Waals surface area contributed by atoms with Crippen molar-refractivity contribution in [3.8, 4) is 17.2 Å². The van der Waals surface area contributed by atoms with Crippen LogP contribution in [0.3, 0.4) is 0 Å². The number of hydrogen-bond donors (Lipinski definition) is 1. The Labute approximate surface area is 147 Å². The first kappa shape index (κ1) is 15.3. The van der Waals surface area contributed by atoms with E-state index in [1.54, 1.807) is 6.07 Å². The fourth-order valence-corrected chi connectivity index (χ4v) is 3.51. The third-order valence-electron chi connectivity index (χ3n) is 4.26. The van der Waals surface area contributed by atoms with Gasteiger partial charge in [0.05, 0.1) is 13.0 Å². The minimum absolute atomic E-state index is 0.0489. The molecule has 0 unspecified atom stereocenters. The number of rotatable bonds is 3. The minimum atomic E-state index is -0.832. The van der Waals surface area contributed by atoms with Crippen molar-refractivity contribution >= 4 is 21.9 Å². The van der Waals surface area contributed by atoms with Gasteiger partial charge in [-0.25, -0.2) is 0 Å². The molecule has 0 radical (unpaired) electrons. The van der Waals surface area contributed by atoms with Crippen LogP contribution in [-0.4, -0.2) is 24.3 Å². The molecular weight excluding hydrogens is 376 g/mol. The van der Waals surface area contributed by atoms with Crippen LogP contribution in [0, 0.1) is 0 Å². The van der Waals surface area contributed by atoms with Crippen molar-refractivity contribution in [2.24, 2.45) is 0 Å². The maximum atomic E-state index is 11.0. The Kier molecular flexibility index (Phi) is 3.84. The van der Waals surface area contributed by atoms with Gasteiger partial charge in [-0.15, -0.1) is 0 Å². The Morgan fingerprint density at radius 3 is 2.75 bits per heavy atom. The molecule has 5 nitrogen and oxygen atoms in total. The second-order valence-electron chi connectivity index (χ2n) is 5.92. The Balaban J connectivity index is 1.61. The van der Waals surface area contributed by atoms with Gasteiger partial charge in [-0.2, -0.15) is 0 Å². The van der Waals surface area contributed by atoms with Crippen molar-refractivity contribution in [3.63, 3.8) is 0 Å². The average molecular weight is 391 g/mol. The van der Waals surface area contributed by atoms with Gasteiger partial charge >= 0.3 is 5.97 Å². The first-order chi connectivity index (χ1) is 11.6. The predicted molar refractivity (Wildman–Crippen MR) is 89.9 cm³/mol. The van der Waals surface area contributed by atoms with Crippen LogP contribution in [0.5, 0.6) is 17.2 Å². The van der Waals surface area contributed by atoms with E-state index in [2.05, 4.69) is 15.9 Å². The zero-order valence-electron chi connectivity index (χ0n) is 12.7. The molecule has 2 heterocycles. The lowest BCUT2D eigenvalue weighted by Crippen LogP contribution is -2.21. The van der Waals surface area contributed by atoms with Crippen LogP contribution >= 0.6 is 15.9 Å². The molecule has 0 amide bonds. The molecule has 1 N–H and O–H groups in total. The molecule has 2 aliphatic rings. The van der Waals surface area contributed by atoms with Crippen LogP contribution in [0.15, 0.2) is 40.9 Å². The number of hydrogen-bond acceptors (Lipinski definition) is 4. The summed E-state index contributed by atoms with van der Waals surface area (Å²) in [5.74, 6) is 0.968. The van der Waals surface area contributed by atoms with Crippen molar-refractivity contribution in [2.75, 3.05) is 13.2 Å². The van der Waals surface area contributed by atoms with Crippen LogP contribution < -0.4 is 14.2 Å². The van der Waals surface area contributed by atoms with Gasteiger partial charge in [-0.05, 0) is 23.8 Å². The Morgan fingerprint density at radius 2 is 1.96 bits per heavy atom. The van der Waals surface area contributed by atoms with Gasteiger partial charge in [0.15, 0.2) is 17.6 Å². The van der Waals surface area contributed by atoms with Crippen LogP contribution in [0.1, 0.15) is 29.6 Å². The van der Waals surface area contributed by atoms with E-state index in [4.69, 9.17) is 19.3 Å². The summed E-state index contributed by atoms with van der Waals surface area (Å²) in [6.45, 7) is 0.784. The summed E-state index contributed by atoms with van der Waals surface area (Å²) in [7, 11) is 0. The number of carboxylic acids is 1. The number of aliphatic carboxylic acids is 1. The fourth-order valence-electron chi connectivity index (χ4n) is 3.09. The Hall–Kier alpha value is -2.21. The highest BCUT2D eigenvalue weighted by atomic mass is 79.9. The second kappa shape index (κ2) is 6.02. The van der Waals surface area contributed by atoms with E-state index in [1.807, 2.05) is 30.3 Å². The van der Waals surface area contributed by atoms with E-state index >= 15 is 0 Å². The topological polar surface area (TPSA) is 65.0 Å². The molecule has 0 fully saturated rings. The Morgan fingerprint density at radius 1 is 1.12 bits per heavy atom. The lowest BCUT2D eigenvalue weighted by atomic mass is 9.97. The van der Waals surface area contributed by atoms with Crippen LogP contribution in [0.25, 0.3) is 0 Å². The highest BCUT2D eigenvalue weighted by Crippen LogP contribution is 2.46. The van der Waals surface area contributed by atoms with E-state index < -0.39 is 5.97 Å². The average Bonchev–Trinajstić information content (AvgIpc) is 2.93. The molecular formula is C18H15BrO5. The Bertz CT molecular complexity index is 804. The zero-order valence-corrected chi connectivity index (χ0v) is 14.3. The molecule has 24 heavy (non-hydrogen) atoms. The highest BCUT2D eigenvalue weighted by Gasteiger charge is 2.31. The normalized spacial score (nSPS) is 21.0. The number of carboxylic acid groups (broad SMARTS) is 1. The molecule has 0 bridgehead atoms. The summed E-state index contributed by atoms with van der Waals surface area (Å²) in [6.07, 6.45) is -0.142. The smallest absolute Gasteiger partial charge is 0.304 e. The van der Waals surface area contributed by atoms with Crippen molar-refractivity contribution in [3.05, 3.63) is 52.0 Å². The molecule has 0 aromatic heterocycles. The van der Waals surface area contributed by atoms with Gasteiger partial charge < -0.3 is 19.3 Å². The zero-order chi connectivity index (χ0) is 16.7. The van der Waals surface area contributed by atoms with Gasteiger partial charge in [0.1, 0.15) is 12.4 Å². The molecule has 2 aromatic rings. The summed E-state index contributed by atoms with van der Waals surface area (Å²) in [5, 5.41) is 9.01. The third-order valence-corrected chi connectivity index (χ3v) is 4.75. The minimum Gasteiger partial charge on any atom is -0.492 e. The van der Waals surface area contributed by atoms with Gasteiger partial charge in [-0.1, -0.05) is 28.1 Å². The summed E-state index contributed by atoms with van der Waals surface area (Å²) in [5.41, 5.74) is 1.90. The number of halogens is 1. The van der Waals surface area contributed by atoms with Crippen LogP contribution in [-0.2, 0) is 4.79 Å². The summed E-state index contributed by atoms with van der Waals surface area (Å²) < 4.78 is 18.6. The standard InChI is InChI=1S/C18H15BrO5/c19-12-3-1-2-10(4-12)17-9-23-15-6-13-11(5-18(20)21)8-22-14(13)7-16(15)24-17/h1-4,6-7,11,17H,5,8-9H2,(H,20,21)/t11-,17-/m1/s1. The van der Waals surface area contributed by atoms with E-state index in [9.17, 15) is 4.79 Å². The van der Waals surface area contributed by atoms with E-state index in [0.717, 1.165) is 15.6 Å². The maximum absolute atomic E-state index is 11.0. The maximum Gasteiger partial charge on any atom is 0.304 e. The fraction of sp³-hybridized carbons (Fsp3) is 0.278. The third kappa shape index (κ3) is 2.82. The highest BCUT2D eigenvalue weighted by molar-refractivity contribution is 9.10. The number of ether oxygens (including phenoxy) is 3. The molecule has 2 aromatic carbocycles. The van der Waals surface area contributed by atoms with Crippen molar-refractivity contribution in [2.45, 2.75) is 18.4 Å². The van der Waals surface area contributed by atoms with Crippen molar-refractivity contribution in [1.82, 2.24) is 0 Å². The van der Waals surface area contributed by atoms with Gasteiger partial charge in [0, 0.05) is 22.0 Å². The van der Waals surface area contributed by atoms with Crippen molar-refractivity contribution in [1.29, 1.82) is 0 Å². The second-order valence-corrected chi connectivity index (χ2v) is 6.83. The van der Waals surface area contributed by atoms with E-state index in [1.165, 1.54) is 0 Å². The number of fused-ring (bicyclic) bond motifs is 2. The van der Waals surface area contributed by atoms with E-state index in [-0.39, 0.29) is 18.4 Å². The summed E-state index contributed by atoms with van der Waals surface area (Å²) in [6, 6.07) is 11.6. The van der Waals surface area contributed by atoms with E-state index in [0.29, 0.717) is 30.5 Å². The molecule has 6 heteroatoms. The lowest BCUT2D eigenvalue weighted by Gasteiger charge is -2.27. The molecule has 0 spiro atoms. The SMILES string of the molecule is O=C(O)C[C@@H]1COc2cc3c(cc21)OC[C@H](c1cccc(Br)c1)O3. The first-order valence-electron chi connectivity index (χ1n) is 7.67. The van der Waals surface area contributed by atoms with Gasteiger partial charge in [0.2, 0.25) is 0 Å². The number of benzene rings is 2.